The van der Waals surface area contributed by atoms with Crippen LogP contribution in [0, 0.1) is 10.1 Å². The summed E-state index contributed by atoms with van der Waals surface area (Å²) in [5.41, 5.74) is 0.117. The van der Waals surface area contributed by atoms with E-state index >= 15 is 0 Å². The van der Waals surface area contributed by atoms with Gasteiger partial charge in [0, 0.05) is 19.7 Å². The van der Waals surface area contributed by atoms with Crippen LogP contribution in [0.1, 0.15) is 12.0 Å². The van der Waals surface area contributed by atoms with Gasteiger partial charge in [0.2, 0.25) is 10.0 Å². The van der Waals surface area contributed by atoms with E-state index in [1.165, 1.54) is 19.2 Å². The minimum atomic E-state index is -4.26. The molecule has 2 rings (SSSR count). The van der Waals surface area contributed by atoms with Crippen molar-refractivity contribution < 1.29 is 32.8 Å². The van der Waals surface area contributed by atoms with Crippen LogP contribution in [0.5, 0.6) is 0 Å². The summed E-state index contributed by atoms with van der Waals surface area (Å²) in [6.45, 7) is -0.380. The molecular weight excluding hydrogens is 430 g/mol. The largest absolute Gasteiger partial charge is 0.480 e. The first-order valence-electron chi connectivity index (χ1n) is 9.02. The second kappa shape index (κ2) is 10.5. The van der Waals surface area contributed by atoms with Crippen LogP contribution in [-0.4, -0.2) is 54.4 Å². The van der Waals surface area contributed by atoms with E-state index in [0.29, 0.717) is 5.56 Å². The minimum Gasteiger partial charge on any atom is -0.480 e. The summed E-state index contributed by atoms with van der Waals surface area (Å²) < 4.78 is 31.1. The van der Waals surface area contributed by atoms with Crippen molar-refractivity contribution in [2.24, 2.45) is 0 Å². The molecule has 0 heterocycles. The van der Waals surface area contributed by atoms with Crippen LogP contribution in [0.4, 0.5) is 10.5 Å². The quantitative estimate of drug-likeness (QED) is 0.410. The Balaban J connectivity index is 2.00. The normalized spacial score (nSPS) is 12.2. The molecule has 2 aromatic carbocycles. The van der Waals surface area contributed by atoms with E-state index in [-0.39, 0.29) is 19.6 Å². The number of benzene rings is 2. The number of hydrogen-bond donors (Lipinski definition) is 2. The van der Waals surface area contributed by atoms with Gasteiger partial charge in [-0.1, -0.05) is 42.5 Å². The van der Waals surface area contributed by atoms with Gasteiger partial charge in [-0.05, 0) is 18.1 Å². The topological polar surface area (TPSA) is 156 Å². The molecule has 2 aromatic rings. The van der Waals surface area contributed by atoms with E-state index in [9.17, 15) is 33.2 Å². The number of carboxylic acids is 1. The van der Waals surface area contributed by atoms with Crippen molar-refractivity contribution in [3.8, 4) is 0 Å². The summed E-state index contributed by atoms with van der Waals surface area (Å²) >= 11 is 0. The molecular formula is C19H21N3O8S. The smallest absolute Gasteiger partial charge is 0.408 e. The number of nitro benzene ring substituents is 1. The van der Waals surface area contributed by atoms with Crippen LogP contribution in [-0.2, 0) is 26.2 Å². The summed E-state index contributed by atoms with van der Waals surface area (Å²) in [6, 6.07) is 12.2. The van der Waals surface area contributed by atoms with Crippen LogP contribution >= 0.6 is 0 Å². The molecule has 0 fully saturated rings. The van der Waals surface area contributed by atoms with Gasteiger partial charge >= 0.3 is 12.1 Å². The Bertz CT molecular complexity index is 1040. The predicted octanol–water partition coefficient (Wildman–Crippen LogP) is 1.98. The SMILES string of the molecule is CN(CC[C@H](NC(=O)OCc1ccccc1)C(=O)O)S(=O)(=O)c1ccccc1[N+](=O)[O-]. The molecule has 0 aliphatic carbocycles. The highest BCUT2D eigenvalue weighted by Gasteiger charge is 2.30. The molecule has 0 spiro atoms. The second-order valence-corrected chi connectivity index (χ2v) is 8.45. The number of carbonyl (C=O) groups is 2. The maximum atomic E-state index is 12.7. The van der Waals surface area contributed by atoms with E-state index in [0.717, 1.165) is 16.4 Å². The van der Waals surface area contributed by atoms with Crippen LogP contribution in [0.15, 0.2) is 59.5 Å². The molecule has 11 nitrogen and oxygen atoms in total. The summed E-state index contributed by atoms with van der Waals surface area (Å²) in [7, 11) is -3.09. The standard InChI is InChI=1S/C19H21N3O8S/c1-21(31(28,29)17-10-6-5-9-16(17)22(26)27)12-11-15(18(23)24)20-19(25)30-13-14-7-3-2-4-8-14/h2-10,15H,11-13H2,1H3,(H,20,25)(H,23,24)/t15-/m0/s1. The molecule has 0 unspecified atom stereocenters. The first-order valence-corrected chi connectivity index (χ1v) is 10.5. The molecule has 0 aliphatic rings. The fourth-order valence-electron chi connectivity index (χ4n) is 2.59. The number of carbonyl (C=O) groups excluding carboxylic acids is 1. The Labute approximate surface area is 178 Å². The van der Waals surface area contributed by atoms with Gasteiger partial charge in [-0.2, -0.15) is 0 Å². The second-order valence-electron chi connectivity index (χ2n) is 6.44. The number of nitro groups is 1. The summed E-state index contributed by atoms with van der Waals surface area (Å²) in [6.07, 6.45) is -1.26. The number of ether oxygens (including phenoxy) is 1. The molecule has 1 amide bonds. The van der Waals surface area contributed by atoms with Crippen molar-refractivity contribution in [2.45, 2.75) is 24.0 Å². The van der Waals surface area contributed by atoms with E-state index in [2.05, 4.69) is 5.32 Å². The van der Waals surface area contributed by atoms with Gasteiger partial charge in [-0.25, -0.2) is 22.3 Å². The van der Waals surface area contributed by atoms with Crippen LogP contribution in [0.3, 0.4) is 0 Å². The molecule has 0 radical (unpaired) electrons. The van der Waals surface area contributed by atoms with Crippen molar-refractivity contribution >= 4 is 27.8 Å². The highest BCUT2D eigenvalue weighted by atomic mass is 32.2. The van der Waals surface area contributed by atoms with Gasteiger partial charge < -0.3 is 15.2 Å². The lowest BCUT2D eigenvalue weighted by molar-refractivity contribution is -0.387. The van der Waals surface area contributed by atoms with Crippen LogP contribution < -0.4 is 5.32 Å². The zero-order valence-corrected chi connectivity index (χ0v) is 17.3. The van der Waals surface area contributed by atoms with Gasteiger partial charge in [0.1, 0.15) is 12.6 Å². The third kappa shape index (κ3) is 6.49. The maximum Gasteiger partial charge on any atom is 0.408 e. The monoisotopic (exact) mass is 451 g/mol. The first-order chi connectivity index (χ1) is 14.6. The molecule has 12 heteroatoms. The fraction of sp³-hybridized carbons (Fsp3) is 0.263. The fourth-order valence-corrected chi connectivity index (χ4v) is 3.93. The van der Waals surface area contributed by atoms with Crippen LogP contribution in [0.25, 0.3) is 0 Å². The number of sulfonamides is 1. The first kappa shape index (κ1) is 23.8. The van der Waals surface area contributed by atoms with Crippen molar-refractivity contribution in [3.05, 3.63) is 70.3 Å². The minimum absolute atomic E-state index is 0.0645. The van der Waals surface area contributed by atoms with Crippen LogP contribution in [0.2, 0.25) is 0 Å². The number of nitrogens with zero attached hydrogens (tertiary/aromatic N) is 2. The molecule has 31 heavy (non-hydrogen) atoms. The Hall–Kier alpha value is -3.51. The summed E-state index contributed by atoms with van der Waals surface area (Å²) in [4.78, 5) is 33.2. The zero-order valence-electron chi connectivity index (χ0n) is 16.5. The van der Waals surface area contributed by atoms with Crippen molar-refractivity contribution in [3.63, 3.8) is 0 Å². The van der Waals surface area contributed by atoms with E-state index in [4.69, 9.17) is 4.74 Å². The number of nitrogens with one attached hydrogen (secondary N) is 1. The van der Waals surface area contributed by atoms with Gasteiger partial charge in [-0.3, -0.25) is 10.1 Å². The molecule has 0 aliphatic heterocycles. The average molecular weight is 451 g/mol. The lowest BCUT2D eigenvalue weighted by Crippen LogP contribution is -2.43. The lowest BCUT2D eigenvalue weighted by Gasteiger charge is -2.20. The molecule has 0 aromatic heterocycles. The number of amides is 1. The highest BCUT2D eigenvalue weighted by Crippen LogP contribution is 2.25. The van der Waals surface area contributed by atoms with Gasteiger partial charge in [0.25, 0.3) is 5.69 Å². The predicted molar refractivity (Wildman–Crippen MR) is 109 cm³/mol. The van der Waals surface area contributed by atoms with Crippen molar-refractivity contribution in [1.82, 2.24) is 9.62 Å². The lowest BCUT2D eigenvalue weighted by atomic mass is 10.2. The third-order valence-corrected chi connectivity index (χ3v) is 6.19. The Kier molecular flexibility index (Phi) is 8.05. The number of aliphatic carboxylic acids is 1. The molecule has 0 bridgehead atoms. The van der Waals surface area contributed by atoms with E-state index < -0.39 is 43.6 Å². The van der Waals surface area contributed by atoms with Gasteiger partial charge in [0.15, 0.2) is 4.90 Å². The third-order valence-electron chi connectivity index (χ3n) is 4.29. The molecule has 1 atom stereocenters. The highest BCUT2D eigenvalue weighted by molar-refractivity contribution is 7.89. The Morgan fingerprint density at radius 2 is 1.77 bits per heavy atom. The molecule has 0 saturated carbocycles. The summed E-state index contributed by atoms with van der Waals surface area (Å²) in [5.74, 6) is -1.38. The number of para-hydroxylation sites is 1. The van der Waals surface area contributed by atoms with E-state index in [1.54, 1.807) is 30.3 Å². The Morgan fingerprint density at radius 1 is 1.16 bits per heavy atom. The average Bonchev–Trinajstić information content (AvgIpc) is 2.75. The zero-order chi connectivity index (χ0) is 23.0. The molecule has 166 valence electrons. The maximum absolute atomic E-state index is 12.7. The molecule has 0 saturated heterocycles. The Morgan fingerprint density at radius 3 is 2.39 bits per heavy atom. The van der Waals surface area contributed by atoms with E-state index in [1.807, 2.05) is 0 Å². The van der Waals surface area contributed by atoms with Gasteiger partial charge in [-0.15, -0.1) is 0 Å². The van der Waals surface area contributed by atoms with Crippen molar-refractivity contribution in [2.75, 3.05) is 13.6 Å². The van der Waals surface area contributed by atoms with Gasteiger partial charge in [0.05, 0.1) is 4.92 Å². The number of hydrogen-bond acceptors (Lipinski definition) is 7. The number of alkyl carbamates (subject to hydrolysis) is 1. The van der Waals surface area contributed by atoms with Crippen molar-refractivity contribution in [1.29, 1.82) is 0 Å². The molecule has 2 N–H and O–H groups in total. The number of rotatable bonds is 10. The number of carboxylic acid groups (broad SMARTS) is 1. The summed E-state index contributed by atoms with van der Waals surface area (Å²) in [5, 5.41) is 22.6.